The first-order chi connectivity index (χ1) is 14.1. The van der Waals surface area contributed by atoms with Gasteiger partial charge in [0.25, 0.3) is 0 Å². The molecule has 4 fully saturated rings. The molecule has 0 N–H and O–H groups in total. The Morgan fingerprint density at radius 2 is 1.80 bits per heavy atom. The third kappa shape index (κ3) is 3.14. The molecule has 0 saturated heterocycles. The smallest absolute Gasteiger partial charge is 0.308 e. The largest absolute Gasteiger partial charge is 0.469 e. The third-order valence-electron chi connectivity index (χ3n) is 10.1. The van der Waals surface area contributed by atoms with Gasteiger partial charge in [-0.3, -0.25) is 14.4 Å². The second-order valence-corrected chi connectivity index (χ2v) is 11.1. The molecule has 0 unspecified atom stereocenters. The van der Waals surface area contributed by atoms with E-state index in [1.807, 2.05) is 6.92 Å². The molecule has 0 amide bonds. The van der Waals surface area contributed by atoms with Gasteiger partial charge in [-0.1, -0.05) is 20.8 Å². The van der Waals surface area contributed by atoms with Crippen molar-refractivity contribution in [1.82, 2.24) is 0 Å². The fraction of sp³-hybridized carbons (Fsp3) is 0.880. The number of ether oxygens (including phenoxy) is 2. The molecule has 0 radical (unpaired) electrons. The van der Waals surface area contributed by atoms with Crippen molar-refractivity contribution < 1.29 is 23.9 Å². The Kier molecular flexibility index (Phi) is 5.55. The lowest BCUT2D eigenvalue weighted by molar-refractivity contribution is -0.168. The van der Waals surface area contributed by atoms with Gasteiger partial charge in [-0.25, -0.2) is 0 Å². The molecule has 0 aromatic rings. The Morgan fingerprint density at radius 3 is 2.47 bits per heavy atom. The fourth-order valence-electron chi connectivity index (χ4n) is 8.45. The van der Waals surface area contributed by atoms with Crippen molar-refractivity contribution in [3.05, 3.63) is 0 Å². The molecule has 0 aromatic carbocycles. The van der Waals surface area contributed by atoms with Crippen LogP contribution in [-0.4, -0.2) is 30.9 Å². The summed E-state index contributed by atoms with van der Waals surface area (Å²) < 4.78 is 10.6. The molecule has 168 valence electrons. The van der Waals surface area contributed by atoms with Crippen molar-refractivity contribution in [3.63, 3.8) is 0 Å². The number of methoxy groups -OCH3 is 1. The average molecular weight is 419 g/mol. The second kappa shape index (κ2) is 7.63. The van der Waals surface area contributed by atoms with Gasteiger partial charge in [0, 0.05) is 18.8 Å². The highest BCUT2D eigenvalue weighted by Crippen LogP contribution is 2.67. The molecular formula is C25H38O5. The third-order valence-corrected chi connectivity index (χ3v) is 10.1. The molecule has 4 saturated carbocycles. The summed E-state index contributed by atoms with van der Waals surface area (Å²) in [6, 6.07) is 0. The van der Waals surface area contributed by atoms with Crippen molar-refractivity contribution in [2.45, 2.75) is 85.2 Å². The monoisotopic (exact) mass is 418 g/mol. The van der Waals surface area contributed by atoms with Crippen LogP contribution < -0.4 is 0 Å². The van der Waals surface area contributed by atoms with Gasteiger partial charge < -0.3 is 9.47 Å². The van der Waals surface area contributed by atoms with Gasteiger partial charge in [0.1, 0.15) is 11.9 Å². The van der Waals surface area contributed by atoms with Crippen LogP contribution in [0.5, 0.6) is 0 Å². The molecule has 4 aliphatic rings. The van der Waals surface area contributed by atoms with Crippen LogP contribution in [0.4, 0.5) is 0 Å². The molecule has 0 spiro atoms. The molecule has 30 heavy (non-hydrogen) atoms. The predicted molar refractivity (Wildman–Crippen MR) is 112 cm³/mol. The number of fused-ring (bicyclic) bond motifs is 5. The number of hydrogen-bond acceptors (Lipinski definition) is 5. The predicted octanol–water partition coefficient (Wildman–Crippen LogP) is 4.57. The van der Waals surface area contributed by atoms with E-state index in [1.165, 1.54) is 14.0 Å². The van der Waals surface area contributed by atoms with Gasteiger partial charge in [-0.2, -0.15) is 0 Å². The quantitative estimate of drug-likeness (QED) is 0.628. The summed E-state index contributed by atoms with van der Waals surface area (Å²) in [5.74, 6) is 1.77. The standard InChI is InChI=1S/C25H38O5/c1-14(23(28)29-5)19-8-9-20-18-7-6-16-12-17(30-15(2)26)10-11-24(16,3)21(18)13-22(27)25(19,20)4/h14,16-21H,6-13H2,1-5H3/t14-,16-,17+,18+,19+,20+,21+,24-,25+/m0/s1. The maximum Gasteiger partial charge on any atom is 0.308 e. The van der Waals surface area contributed by atoms with Crippen LogP contribution in [0.1, 0.15) is 79.1 Å². The van der Waals surface area contributed by atoms with Crippen molar-refractivity contribution in [3.8, 4) is 0 Å². The number of carbonyl (C=O) groups excluding carboxylic acids is 3. The Hall–Kier alpha value is -1.39. The van der Waals surface area contributed by atoms with Crippen LogP contribution in [-0.2, 0) is 23.9 Å². The van der Waals surface area contributed by atoms with E-state index in [0.717, 1.165) is 44.9 Å². The van der Waals surface area contributed by atoms with Gasteiger partial charge in [-0.15, -0.1) is 0 Å². The fourth-order valence-corrected chi connectivity index (χ4v) is 8.45. The molecule has 5 heteroatoms. The zero-order valence-electron chi connectivity index (χ0n) is 19.2. The van der Waals surface area contributed by atoms with Crippen LogP contribution in [0, 0.1) is 46.3 Å². The van der Waals surface area contributed by atoms with Crippen molar-refractivity contribution in [2.75, 3.05) is 7.11 Å². The molecule has 4 aliphatic carbocycles. The van der Waals surface area contributed by atoms with E-state index in [9.17, 15) is 14.4 Å². The van der Waals surface area contributed by atoms with Crippen LogP contribution in [0.15, 0.2) is 0 Å². The minimum absolute atomic E-state index is 0.0402. The van der Waals surface area contributed by atoms with E-state index in [0.29, 0.717) is 35.9 Å². The Labute approximate surface area is 180 Å². The molecule has 0 aromatic heterocycles. The Balaban J connectivity index is 1.57. The minimum Gasteiger partial charge on any atom is -0.469 e. The van der Waals surface area contributed by atoms with E-state index in [-0.39, 0.29) is 35.3 Å². The number of esters is 2. The van der Waals surface area contributed by atoms with Crippen LogP contribution >= 0.6 is 0 Å². The average Bonchev–Trinajstić information content (AvgIpc) is 3.06. The van der Waals surface area contributed by atoms with Crippen LogP contribution in [0.25, 0.3) is 0 Å². The minimum atomic E-state index is -0.396. The molecule has 0 aliphatic heterocycles. The highest BCUT2D eigenvalue weighted by Gasteiger charge is 2.64. The molecule has 5 nitrogen and oxygen atoms in total. The van der Waals surface area contributed by atoms with Crippen LogP contribution in [0.3, 0.4) is 0 Å². The normalized spacial score (nSPS) is 46.2. The summed E-state index contributed by atoms with van der Waals surface area (Å²) in [6.07, 6.45) is 7.89. The highest BCUT2D eigenvalue weighted by atomic mass is 16.5. The lowest BCUT2D eigenvalue weighted by Crippen LogP contribution is -2.57. The first-order valence-corrected chi connectivity index (χ1v) is 11.9. The Bertz CT molecular complexity index is 731. The van der Waals surface area contributed by atoms with Crippen molar-refractivity contribution >= 4 is 17.7 Å². The van der Waals surface area contributed by atoms with E-state index in [4.69, 9.17) is 9.47 Å². The topological polar surface area (TPSA) is 69.7 Å². The summed E-state index contributed by atoms with van der Waals surface area (Å²) in [5.41, 5.74) is -0.241. The Morgan fingerprint density at radius 1 is 1.07 bits per heavy atom. The van der Waals surface area contributed by atoms with Gasteiger partial charge in [0.2, 0.25) is 0 Å². The van der Waals surface area contributed by atoms with Crippen molar-refractivity contribution in [1.29, 1.82) is 0 Å². The number of Topliss-reactive ketones (excluding diaryl/α,β-unsaturated/α-hetero) is 1. The molecule has 0 bridgehead atoms. The number of rotatable bonds is 3. The summed E-state index contributed by atoms with van der Waals surface area (Å²) in [6.45, 7) is 7.99. The van der Waals surface area contributed by atoms with Crippen LogP contribution in [0.2, 0.25) is 0 Å². The zero-order chi connectivity index (χ0) is 21.8. The second-order valence-electron chi connectivity index (χ2n) is 11.1. The SMILES string of the molecule is COC(=O)[C@@H](C)[C@H]1CC[C@@H]2[C@H]3CC[C@H]4C[C@H](OC(C)=O)CC[C@]4(C)[C@@H]3CC(=O)[C@@]21C. The molecule has 0 heterocycles. The van der Waals surface area contributed by atoms with Gasteiger partial charge in [0.15, 0.2) is 0 Å². The lowest BCUT2D eigenvalue weighted by atomic mass is 9.44. The highest BCUT2D eigenvalue weighted by molar-refractivity contribution is 5.88. The van der Waals surface area contributed by atoms with Crippen molar-refractivity contribution in [2.24, 2.45) is 46.3 Å². The van der Waals surface area contributed by atoms with Gasteiger partial charge in [-0.05, 0) is 80.0 Å². The molecule has 9 atom stereocenters. The number of hydrogen-bond donors (Lipinski definition) is 0. The van der Waals surface area contributed by atoms with Gasteiger partial charge >= 0.3 is 11.9 Å². The summed E-state index contributed by atoms with van der Waals surface area (Å²) >= 11 is 0. The summed E-state index contributed by atoms with van der Waals surface area (Å²) in [4.78, 5) is 37.4. The lowest BCUT2D eigenvalue weighted by Gasteiger charge is -2.60. The number of carbonyl (C=O) groups is 3. The van der Waals surface area contributed by atoms with E-state index in [1.54, 1.807) is 0 Å². The van der Waals surface area contributed by atoms with Gasteiger partial charge in [0.05, 0.1) is 13.0 Å². The van der Waals surface area contributed by atoms with E-state index >= 15 is 0 Å². The maximum atomic E-state index is 13.7. The maximum absolute atomic E-state index is 13.7. The zero-order valence-corrected chi connectivity index (χ0v) is 19.2. The van der Waals surface area contributed by atoms with E-state index in [2.05, 4.69) is 13.8 Å². The molecular weight excluding hydrogens is 380 g/mol. The number of ketones is 1. The summed E-state index contributed by atoms with van der Waals surface area (Å²) in [5, 5.41) is 0. The first-order valence-electron chi connectivity index (χ1n) is 11.9. The first kappa shape index (κ1) is 21.8. The van der Waals surface area contributed by atoms with E-state index < -0.39 is 5.41 Å². The molecule has 4 rings (SSSR count). The summed E-state index contributed by atoms with van der Waals surface area (Å²) in [7, 11) is 1.45.